The molecule has 0 aromatic heterocycles. The molecule has 1 unspecified atom stereocenters. The molecule has 0 aromatic rings. The Morgan fingerprint density at radius 1 is 0.688 bits per heavy atom. The SMILES string of the molecule is CCCCCCCCCCC[C@@H](O)C[C@@H]1OC(=O)[C@H]1CC.CCCCCCCCCCC[C@H](CC1OC(=O)[C@H]1CC)OC(=O)CNC=O. The molecule has 2 saturated heterocycles. The number of carbonyl (C=O) groups is 4. The highest BCUT2D eigenvalue weighted by molar-refractivity contribution is 5.79. The molecule has 280 valence electrons. The van der Waals surface area contributed by atoms with E-state index in [1.54, 1.807) is 0 Å². The summed E-state index contributed by atoms with van der Waals surface area (Å²) in [5, 5.41) is 12.3. The number of carbonyl (C=O) groups excluding carboxylic acids is 4. The minimum absolute atomic E-state index is 0.0303. The third-order valence-electron chi connectivity index (χ3n) is 9.82. The fourth-order valence-electron chi connectivity index (χ4n) is 6.68. The lowest BCUT2D eigenvalue weighted by atomic mass is 9.89. The molecule has 0 saturated carbocycles. The second-order valence-electron chi connectivity index (χ2n) is 14.0. The molecule has 9 heteroatoms. The maximum Gasteiger partial charge on any atom is 0.325 e. The molecule has 2 heterocycles. The van der Waals surface area contributed by atoms with Gasteiger partial charge < -0.3 is 24.6 Å². The molecule has 48 heavy (non-hydrogen) atoms. The number of amides is 1. The molecular weight excluding hydrogens is 610 g/mol. The zero-order valence-corrected chi connectivity index (χ0v) is 31.0. The van der Waals surface area contributed by atoms with Gasteiger partial charge in [-0.3, -0.25) is 19.2 Å². The topological polar surface area (TPSA) is 128 Å². The number of aliphatic hydroxyl groups is 1. The molecule has 0 bridgehead atoms. The van der Waals surface area contributed by atoms with E-state index in [-0.39, 0.29) is 54.7 Å². The number of nitrogens with one attached hydrogen (secondary N) is 1. The van der Waals surface area contributed by atoms with E-state index in [9.17, 15) is 24.3 Å². The third kappa shape index (κ3) is 19.7. The van der Waals surface area contributed by atoms with Gasteiger partial charge in [0.1, 0.15) is 24.9 Å². The van der Waals surface area contributed by atoms with Crippen LogP contribution in [0.2, 0.25) is 0 Å². The predicted octanol–water partition coefficient (Wildman–Crippen LogP) is 8.52. The van der Waals surface area contributed by atoms with E-state index in [2.05, 4.69) is 19.2 Å². The van der Waals surface area contributed by atoms with E-state index in [4.69, 9.17) is 14.2 Å². The van der Waals surface area contributed by atoms with E-state index < -0.39 is 5.97 Å². The Morgan fingerprint density at radius 2 is 1.10 bits per heavy atom. The summed E-state index contributed by atoms with van der Waals surface area (Å²) in [5.41, 5.74) is 0. The van der Waals surface area contributed by atoms with Crippen molar-refractivity contribution in [2.45, 2.75) is 206 Å². The minimum Gasteiger partial charge on any atom is -0.461 e. The normalized spacial score (nSPS) is 21.0. The molecule has 0 aliphatic carbocycles. The Morgan fingerprint density at radius 3 is 1.52 bits per heavy atom. The molecule has 0 spiro atoms. The molecule has 2 N–H and O–H groups in total. The van der Waals surface area contributed by atoms with Crippen molar-refractivity contribution in [1.29, 1.82) is 0 Å². The molecule has 2 aliphatic rings. The van der Waals surface area contributed by atoms with Crippen LogP contribution < -0.4 is 5.32 Å². The maximum absolute atomic E-state index is 11.8. The molecule has 1 amide bonds. The maximum atomic E-state index is 11.8. The van der Waals surface area contributed by atoms with Crippen molar-refractivity contribution >= 4 is 24.3 Å². The fraction of sp³-hybridized carbons (Fsp3) is 0.897. The number of esters is 3. The largest absolute Gasteiger partial charge is 0.461 e. The van der Waals surface area contributed by atoms with Gasteiger partial charge in [0.15, 0.2) is 0 Å². The summed E-state index contributed by atoms with van der Waals surface area (Å²) < 4.78 is 15.8. The highest BCUT2D eigenvalue weighted by atomic mass is 16.6. The molecule has 2 aliphatic heterocycles. The molecule has 2 rings (SSSR count). The number of rotatable bonds is 30. The average molecular weight is 682 g/mol. The second-order valence-corrected chi connectivity index (χ2v) is 14.0. The number of hydrogen-bond donors (Lipinski definition) is 2. The number of ether oxygens (including phenoxy) is 3. The first kappa shape index (κ1) is 43.9. The smallest absolute Gasteiger partial charge is 0.325 e. The summed E-state index contributed by atoms with van der Waals surface area (Å²) in [6.45, 7) is 8.32. The Balaban J connectivity index is 0.000000495. The Labute approximate surface area is 292 Å². The lowest BCUT2D eigenvalue weighted by Crippen LogP contribution is -2.47. The van der Waals surface area contributed by atoms with Crippen molar-refractivity contribution in [2.24, 2.45) is 11.8 Å². The van der Waals surface area contributed by atoms with Gasteiger partial charge in [-0.15, -0.1) is 0 Å². The quantitative estimate of drug-likeness (QED) is 0.0334. The van der Waals surface area contributed by atoms with Crippen molar-refractivity contribution in [3.8, 4) is 0 Å². The Hall–Kier alpha value is -2.16. The van der Waals surface area contributed by atoms with Crippen molar-refractivity contribution in [3.05, 3.63) is 0 Å². The van der Waals surface area contributed by atoms with Gasteiger partial charge in [-0.05, 0) is 32.1 Å². The standard InChI is InChI=1S/C21H37NO5.C18H34O3/c1-3-5-6-7-8-9-10-11-12-13-17(26-20(24)15-22-16-23)14-19-18(4-2)21(25)27-19;1-3-5-6-7-8-9-10-11-12-13-15(19)14-17-16(4-2)18(20)21-17/h16-19H,3-15H2,1-2H3,(H,22,23);15-17,19H,3-14H2,1-2H3/t17-,18+,19?;15-,16+,17+/m11/s1. The van der Waals surface area contributed by atoms with Crippen LogP contribution in [-0.4, -0.2) is 60.4 Å². The number of unbranched alkanes of at least 4 members (excludes halogenated alkanes) is 16. The average Bonchev–Trinajstić information content (AvgIpc) is 3.05. The monoisotopic (exact) mass is 682 g/mol. The van der Waals surface area contributed by atoms with Crippen LogP contribution >= 0.6 is 0 Å². The summed E-state index contributed by atoms with van der Waals surface area (Å²) >= 11 is 0. The highest BCUT2D eigenvalue weighted by Crippen LogP contribution is 2.31. The first-order chi connectivity index (χ1) is 23.3. The Kier molecular flexibility index (Phi) is 26.2. The predicted molar refractivity (Wildman–Crippen MR) is 190 cm³/mol. The fourth-order valence-corrected chi connectivity index (χ4v) is 6.68. The second kappa shape index (κ2) is 28.7. The third-order valence-corrected chi connectivity index (χ3v) is 9.82. The van der Waals surface area contributed by atoms with E-state index in [0.29, 0.717) is 19.3 Å². The molecule has 0 aromatic carbocycles. The van der Waals surface area contributed by atoms with E-state index in [0.717, 1.165) is 44.9 Å². The van der Waals surface area contributed by atoms with Crippen molar-refractivity contribution < 1.29 is 38.5 Å². The summed E-state index contributed by atoms with van der Waals surface area (Å²) in [6, 6.07) is 0. The van der Waals surface area contributed by atoms with Crippen LogP contribution in [0.3, 0.4) is 0 Å². The van der Waals surface area contributed by atoms with Gasteiger partial charge in [-0.2, -0.15) is 0 Å². The van der Waals surface area contributed by atoms with E-state index in [1.807, 2.05) is 13.8 Å². The van der Waals surface area contributed by atoms with Gasteiger partial charge in [-0.1, -0.05) is 137 Å². The first-order valence-corrected chi connectivity index (χ1v) is 19.8. The molecule has 2 fully saturated rings. The van der Waals surface area contributed by atoms with Crippen LogP contribution in [0.25, 0.3) is 0 Å². The zero-order valence-electron chi connectivity index (χ0n) is 31.0. The first-order valence-electron chi connectivity index (χ1n) is 19.8. The minimum atomic E-state index is -0.443. The number of aliphatic hydroxyl groups excluding tert-OH is 1. The van der Waals surface area contributed by atoms with Gasteiger partial charge in [-0.25, -0.2) is 0 Å². The van der Waals surface area contributed by atoms with Gasteiger partial charge >= 0.3 is 17.9 Å². The van der Waals surface area contributed by atoms with E-state index in [1.165, 1.54) is 96.3 Å². The van der Waals surface area contributed by atoms with Crippen LogP contribution in [0.1, 0.15) is 182 Å². The van der Waals surface area contributed by atoms with Gasteiger partial charge in [0.25, 0.3) is 0 Å². The highest BCUT2D eigenvalue weighted by Gasteiger charge is 2.43. The lowest BCUT2D eigenvalue weighted by molar-refractivity contribution is -0.190. The van der Waals surface area contributed by atoms with Crippen molar-refractivity contribution in [3.63, 3.8) is 0 Å². The van der Waals surface area contributed by atoms with Gasteiger partial charge in [0.05, 0.1) is 17.9 Å². The Bertz CT molecular complexity index is 852. The van der Waals surface area contributed by atoms with Crippen LogP contribution in [-0.2, 0) is 33.4 Å². The van der Waals surface area contributed by atoms with Crippen molar-refractivity contribution in [2.75, 3.05) is 6.54 Å². The van der Waals surface area contributed by atoms with Crippen LogP contribution in [0, 0.1) is 11.8 Å². The lowest BCUT2D eigenvalue weighted by Gasteiger charge is -2.36. The van der Waals surface area contributed by atoms with Crippen LogP contribution in [0.4, 0.5) is 0 Å². The molecular formula is C39H71NO8. The summed E-state index contributed by atoms with van der Waals surface area (Å²) in [4.78, 5) is 44.8. The van der Waals surface area contributed by atoms with Gasteiger partial charge in [0, 0.05) is 12.8 Å². The molecule has 0 radical (unpaired) electrons. The van der Waals surface area contributed by atoms with Crippen LogP contribution in [0.5, 0.6) is 0 Å². The summed E-state index contributed by atoms with van der Waals surface area (Å²) in [6.07, 6.45) is 27.0. The summed E-state index contributed by atoms with van der Waals surface area (Å²) in [7, 11) is 0. The zero-order chi connectivity index (χ0) is 35.4. The number of cyclic esters (lactones) is 2. The number of hydrogen-bond acceptors (Lipinski definition) is 8. The summed E-state index contributed by atoms with van der Waals surface area (Å²) in [5.74, 6) is -0.733. The molecule has 9 nitrogen and oxygen atoms in total. The van der Waals surface area contributed by atoms with Gasteiger partial charge in [0.2, 0.25) is 6.41 Å². The van der Waals surface area contributed by atoms with Crippen LogP contribution in [0.15, 0.2) is 0 Å². The molecule has 6 atom stereocenters. The van der Waals surface area contributed by atoms with E-state index >= 15 is 0 Å². The van der Waals surface area contributed by atoms with Crippen molar-refractivity contribution in [1.82, 2.24) is 5.32 Å².